The van der Waals surface area contributed by atoms with Gasteiger partial charge in [-0.2, -0.15) is 0 Å². The van der Waals surface area contributed by atoms with E-state index in [-0.39, 0.29) is 11.5 Å². The van der Waals surface area contributed by atoms with Crippen molar-refractivity contribution in [3.05, 3.63) is 0 Å². The molecule has 1 saturated heterocycles. The molecule has 0 bridgehead atoms. The number of carbonyl (C=O) groups excluding carboxylic acids is 2. The monoisotopic (exact) mass is 207 g/mol. The Morgan fingerprint density at radius 2 is 1.77 bits per heavy atom. The van der Waals surface area contributed by atoms with Gasteiger partial charge < -0.3 is 5.32 Å². The molecule has 1 aliphatic heterocycles. The van der Waals surface area contributed by atoms with Crippen LogP contribution in [-0.2, 0) is 19.4 Å². The molecule has 1 aliphatic rings. The maximum atomic E-state index is 10.8. The zero-order chi connectivity index (χ0) is 10.1. The van der Waals surface area contributed by atoms with Crippen molar-refractivity contribution in [2.75, 3.05) is 11.5 Å². The minimum absolute atomic E-state index is 0.114. The smallest absolute Gasteiger partial charge is 0.323 e. The number of nitrogens with two attached hydrogens (primary N) is 1. The van der Waals surface area contributed by atoms with Crippen LogP contribution in [0.25, 0.3) is 0 Å². The Labute approximate surface area is 74.6 Å². The van der Waals surface area contributed by atoms with Gasteiger partial charge in [0.15, 0.2) is 9.84 Å². The van der Waals surface area contributed by atoms with Gasteiger partial charge in [0, 0.05) is 0 Å². The summed E-state index contributed by atoms with van der Waals surface area (Å²) in [5, 5.41) is 2.21. The Bertz CT molecular complexity index is 324. The van der Waals surface area contributed by atoms with Crippen molar-refractivity contribution >= 4 is 21.7 Å². The van der Waals surface area contributed by atoms with Crippen molar-refractivity contribution in [2.45, 2.75) is 6.04 Å². The number of rotatable bonds is 1. The predicted molar refractivity (Wildman–Crippen MR) is 42.9 cm³/mol. The third-order valence-corrected chi connectivity index (χ3v) is 3.40. The molecule has 1 heterocycles. The molecule has 0 radical (unpaired) electrons. The lowest BCUT2D eigenvalue weighted by Gasteiger charge is -2.25. The van der Waals surface area contributed by atoms with Crippen LogP contribution in [0.1, 0.15) is 0 Å². The molecular formula is C5H9N3O4S. The molecule has 4 N–H and O–H groups in total. The van der Waals surface area contributed by atoms with Gasteiger partial charge in [0.2, 0.25) is 0 Å². The number of hydrogen-bond donors (Lipinski definition) is 3. The van der Waals surface area contributed by atoms with E-state index in [1.54, 1.807) is 5.43 Å². The molecule has 0 unspecified atom stereocenters. The summed E-state index contributed by atoms with van der Waals surface area (Å²) in [6.45, 7) is 0. The van der Waals surface area contributed by atoms with Gasteiger partial charge in [0.1, 0.15) is 0 Å². The lowest BCUT2D eigenvalue weighted by molar-refractivity contribution is -0.139. The number of sulfone groups is 1. The molecule has 8 heteroatoms. The molecule has 13 heavy (non-hydrogen) atoms. The SMILES string of the molecule is NNC(=O)C(=O)NC1CS(=O)(=O)C1. The third kappa shape index (κ3) is 2.39. The van der Waals surface area contributed by atoms with Gasteiger partial charge >= 0.3 is 11.8 Å². The van der Waals surface area contributed by atoms with Crippen molar-refractivity contribution in [2.24, 2.45) is 5.84 Å². The standard InChI is InChI=1S/C5H9N3O4S/c6-8-5(10)4(9)7-3-1-13(11,12)2-3/h3H,1-2,6H2,(H,7,9)(H,8,10). The van der Waals surface area contributed by atoms with Gasteiger partial charge in [-0.25, -0.2) is 14.3 Å². The molecule has 0 saturated carbocycles. The highest BCUT2D eigenvalue weighted by molar-refractivity contribution is 7.92. The van der Waals surface area contributed by atoms with Crippen LogP contribution in [0, 0.1) is 0 Å². The van der Waals surface area contributed by atoms with E-state index in [1.165, 1.54) is 0 Å². The topological polar surface area (TPSA) is 118 Å². The van der Waals surface area contributed by atoms with Crippen LogP contribution in [0.5, 0.6) is 0 Å². The van der Waals surface area contributed by atoms with E-state index in [0.29, 0.717) is 0 Å². The third-order valence-electron chi connectivity index (χ3n) is 1.58. The summed E-state index contributed by atoms with van der Waals surface area (Å²) >= 11 is 0. The van der Waals surface area contributed by atoms with Crippen molar-refractivity contribution in [1.82, 2.24) is 10.7 Å². The van der Waals surface area contributed by atoms with Crippen molar-refractivity contribution in [1.29, 1.82) is 0 Å². The lowest BCUT2D eigenvalue weighted by Crippen LogP contribution is -2.56. The molecule has 1 rings (SSSR count). The second kappa shape index (κ2) is 3.30. The molecule has 1 fully saturated rings. The van der Waals surface area contributed by atoms with Crippen LogP contribution in [0.15, 0.2) is 0 Å². The van der Waals surface area contributed by atoms with E-state index in [4.69, 9.17) is 0 Å². The van der Waals surface area contributed by atoms with E-state index < -0.39 is 27.7 Å². The van der Waals surface area contributed by atoms with Crippen LogP contribution in [0.2, 0.25) is 0 Å². The van der Waals surface area contributed by atoms with Crippen molar-refractivity contribution < 1.29 is 18.0 Å². The van der Waals surface area contributed by atoms with Crippen LogP contribution >= 0.6 is 0 Å². The summed E-state index contributed by atoms with van der Waals surface area (Å²) in [5.74, 6) is 2.56. The Morgan fingerprint density at radius 3 is 2.15 bits per heavy atom. The highest BCUT2D eigenvalue weighted by atomic mass is 32.2. The first kappa shape index (κ1) is 9.93. The van der Waals surface area contributed by atoms with E-state index in [9.17, 15) is 18.0 Å². The Kier molecular flexibility index (Phi) is 2.52. The first-order valence-electron chi connectivity index (χ1n) is 3.46. The Balaban J connectivity index is 2.36. The summed E-state index contributed by atoms with van der Waals surface area (Å²) < 4.78 is 21.3. The predicted octanol–water partition coefficient (Wildman–Crippen LogP) is -3.11. The van der Waals surface area contributed by atoms with Crippen LogP contribution in [0.3, 0.4) is 0 Å². The van der Waals surface area contributed by atoms with Crippen molar-refractivity contribution in [3.8, 4) is 0 Å². The van der Waals surface area contributed by atoms with Gasteiger partial charge in [-0.15, -0.1) is 0 Å². The molecule has 7 nitrogen and oxygen atoms in total. The zero-order valence-electron chi connectivity index (χ0n) is 6.61. The number of hydrazine groups is 1. The molecule has 0 spiro atoms. The highest BCUT2D eigenvalue weighted by Crippen LogP contribution is 2.09. The number of nitrogens with one attached hydrogen (secondary N) is 2. The van der Waals surface area contributed by atoms with Gasteiger partial charge in [-0.1, -0.05) is 0 Å². The van der Waals surface area contributed by atoms with E-state index in [2.05, 4.69) is 11.2 Å². The van der Waals surface area contributed by atoms with E-state index >= 15 is 0 Å². The molecule has 0 aromatic heterocycles. The van der Waals surface area contributed by atoms with Gasteiger partial charge in [-0.05, 0) is 0 Å². The average molecular weight is 207 g/mol. The van der Waals surface area contributed by atoms with E-state index in [0.717, 1.165) is 0 Å². The van der Waals surface area contributed by atoms with Gasteiger partial charge in [0.25, 0.3) is 0 Å². The normalized spacial score (nSPS) is 20.1. The largest absolute Gasteiger partial charge is 0.343 e. The van der Waals surface area contributed by atoms with Crippen LogP contribution in [0.4, 0.5) is 0 Å². The second-order valence-corrected chi connectivity index (χ2v) is 4.87. The second-order valence-electron chi connectivity index (χ2n) is 2.72. The maximum absolute atomic E-state index is 10.8. The summed E-state index contributed by atoms with van der Waals surface area (Å²) in [6.07, 6.45) is 0. The quantitative estimate of drug-likeness (QED) is 0.182. The summed E-state index contributed by atoms with van der Waals surface area (Å²) in [7, 11) is -2.99. The van der Waals surface area contributed by atoms with Gasteiger partial charge in [0.05, 0.1) is 17.5 Å². The highest BCUT2D eigenvalue weighted by Gasteiger charge is 2.35. The molecule has 74 valence electrons. The minimum atomic E-state index is -2.99. The summed E-state index contributed by atoms with van der Waals surface area (Å²) in [6, 6.07) is -0.463. The molecule has 2 amide bonds. The Hall–Kier alpha value is -1.15. The lowest BCUT2D eigenvalue weighted by atomic mass is 10.3. The fraction of sp³-hybridized carbons (Fsp3) is 0.600. The molecule has 0 aromatic carbocycles. The van der Waals surface area contributed by atoms with Crippen molar-refractivity contribution in [3.63, 3.8) is 0 Å². The number of carbonyl (C=O) groups is 2. The van der Waals surface area contributed by atoms with E-state index in [1.807, 2.05) is 0 Å². The summed E-state index contributed by atoms with van der Waals surface area (Å²) in [5.41, 5.74) is 1.64. The number of hydrogen-bond acceptors (Lipinski definition) is 5. The molecule has 0 atom stereocenters. The first-order chi connectivity index (χ1) is 5.94. The summed E-state index contributed by atoms with van der Waals surface area (Å²) in [4.78, 5) is 21.3. The Morgan fingerprint density at radius 1 is 1.23 bits per heavy atom. The average Bonchev–Trinajstić information content (AvgIpc) is 1.99. The fourth-order valence-corrected chi connectivity index (χ4v) is 2.26. The number of amides is 2. The molecule has 0 aliphatic carbocycles. The first-order valence-corrected chi connectivity index (χ1v) is 5.28. The molecular weight excluding hydrogens is 198 g/mol. The fourth-order valence-electron chi connectivity index (χ4n) is 0.964. The molecule has 0 aromatic rings. The maximum Gasteiger partial charge on any atom is 0.323 e. The van der Waals surface area contributed by atoms with Crippen LogP contribution < -0.4 is 16.6 Å². The minimum Gasteiger partial charge on any atom is -0.343 e. The van der Waals surface area contributed by atoms with Gasteiger partial charge in [-0.3, -0.25) is 15.0 Å². The van der Waals surface area contributed by atoms with Crippen LogP contribution in [-0.4, -0.2) is 37.8 Å². The zero-order valence-corrected chi connectivity index (χ0v) is 7.43.